The molecule has 0 aliphatic carbocycles. The van der Waals surface area contributed by atoms with E-state index in [4.69, 9.17) is 4.74 Å². The molecular weight excluding hydrogens is 466 g/mol. The Morgan fingerprint density at radius 3 is 2.11 bits per heavy atom. The van der Waals surface area contributed by atoms with Crippen molar-refractivity contribution in [3.8, 4) is 5.75 Å². The van der Waals surface area contributed by atoms with Crippen LogP contribution in [0.25, 0.3) is 0 Å². The number of aliphatic hydroxyl groups is 1. The topological polar surface area (TPSA) is 113 Å². The summed E-state index contributed by atoms with van der Waals surface area (Å²) in [6.07, 6.45) is 1.41. The van der Waals surface area contributed by atoms with Crippen molar-refractivity contribution in [2.75, 3.05) is 5.32 Å². The number of nitrogens with one attached hydrogen (secondary N) is 2. The molecule has 3 N–H and O–H groups in total. The van der Waals surface area contributed by atoms with Gasteiger partial charge < -0.3 is 9.84 Å². The van der Waals surface area contributed by atoms with Crippen molar-refractivity contribution in [1.82, 2.24) is 20.6 Å². The van der Waals surface area contributed by atoms with E-state index >= 15 is 0 Å². The van der Waals surface area contributed by atoms with Crippen molar-refractivity contribution < 1.29 is 14.6 Å². The van der Waals surface area contributed by atoms with Gasteiger partial charge in [-0.3, -0.25) is 10.1 Å². The number of benzene rings is 2. The van der Waals surface area contributed by atoms with Crippen LogP contribution in [-0.4, -0.2) is 43.3 Å². The normalized spacial score (nSPS) is 14.6. The van der Waals surface area contributed by atoms with Crippen LogP contribution in [0.15, 0.2) is 36.4 Å². The van der Waals surface area contributed by atoms with Crippen molar-refractivity contribution in [3.05, 3.63) is 64.2 Å². The molecule has 0 spiro atoms. The second kappa shape index (κ2) is 10.6. The molecule has 37 heavy (non-hydrogen) atoms. The second-order valence-corrected chi connectivity index (χ2v) is 11.1. The molecular formula is C29H41N5O3. The van der Waals surface area contributed by atoms with Gasteiger partial charge in [-0.25, -0.2) is 0 Å². The Morgan fingerprint density at radius 2 is 1.62 bits per heavy atom. The van der Waals surface area contributed by atoms with Crippen LogP contribution in [0.3, 0.4) is 0 Å². The number of anilines is 1. The van der Waals surface area contributed by atoms with Gasteiger partial charge in [0.15, 0.2) is 0 Å². The second-order valence-electron chi connectivity index (χ2n) is 11.1. The highest BCUT2D eigenvalue weighted by Gasteiger charge is 2.42. The van der Waals surface area contributed by atoms with E-state index < -0.39 is 5.60 Å². The fourth-order valence-electron chi connectivity index (χ4n) is 4.83. The third-order valence-electron chi connectivity index (χ3n) is 8.14. The molecule has 0 saturated carbocycles. The van der Waals surface area contributed by atoms with Gasteiger partial charge in [-0.05, 0) is 85.6 Å². The Morgan fingerprint density at radius 1 is 1.03 bits per heavy atom. The smallest absolute Gasteiger partial charge is 0.270 e. The van der Waals surface area contributed by atoms with Gasteiger partial charge in [0.1, 0.15) is 17.5 Å². The van der Waals surface area contributed by atoms with Crippen LogP contribution in [-0.2, 0) is 5.41 Å². The maximum atomic E-state index is 12.7. The maximum Gasteiger partial charge on any atom is 0.270 e. The van der Waals surface area contributed by atoms with Gasteiger partial charge in [0, 0.05) is 11.0 Å². The monoisotopic (exact) mass is 507 g/mol. The number of rotatable bonds is 9. The molecule has 3 rings (SSSR count). The van der Waals surface area contributed by atoms with Crippen LogP contribution < -0.4 is 10.1 Å². The number of hydrogen-bond acceptors (Lipinski definition) is 6. The number of amides is 1. The molecule has 0 saturated heterocycles. The highest BCUT2D eigenvalue weighted by Crippen LogP contribution is 2.42. The fraction of sp³-hybridized carbons (Fsp3) is 0.517. The number of ether oxygens (including phenoxy) is 1. The summed E-state index contributed by atoms with van der Waals surface area (Å²) in [7, 11) is 0. The van der Waals surface area contributed by atoms with Crippen LogP contribution >= 0.6 is 0 Å². The molecule has 2 atom stereocenters. The van der Waals surface area contributed by atoms with E-state index in [1.807, 2.05) is 66.7 Å². The fourth-order valence-corrected chi connectivity index (χ4v) is 4.83. The Hall–Kier alpha value is -3.26. The SMILES string of the molecule is CCC(CC)(c1ccc(OC(C)C(C)(O)C(C)(C)C)c(C)c1)c1ccc(C(=O)Nc2nn[nH]n2)c(C)c1. The molecule has 0 bridgehead atoms. The summed E-state index contributed by atoms with van der Waals surface area (Å²) in [6, 6.07) is 12.3. The minimum absolute atomic E-state index is 0.140. The molecule has 2 unspecified atom stereocenters. The van der Waals surface area contributed by atoms with E-state index in [1.54, 1.807) is 0 Å². The van der Waals surface area contributed by atoms with Crippen molar-refractivity contribution in [3.63, 3.8) is 0 Å². The maximum absolute atomic E-state index is 12.7. The summed E-state index contributed by atoms with van der Waals surface area (Å²) < 4.78 is 6.27. The molecule has 0 radical (unpaired) electrons. The zero-order valence-corrected chi connectivity index (χ0v) is 23.6. The number of aromatic amines is 1. The summed E-state index contributed by atoms with van der Waals surface area (Å²) in [4.78, 5) is 12.7. The van der Waals surface area contributed by atoms with Gasteiger partial charge in [0.25, 0.3) is 11.9 Å². The molecule has 0 aliphatic rings. The summed E-state index contributed by atoms with van der Waals surface area (Å²) in [5, 5.41) is 27.1. The predicted octanol–water partition coefficient (Wildman–Crippen LogP) is 5.74. The average molecular weight is 508 g/mol. The third-order valence-corrected chi connectivity index (χ3v) is 8.14. The minimum Gasteiger partial charge on any atom is -0.487 e. The van der Waals surface area contributed by atoms with Gasteiger partial charge in [-0.15, -0.1) is 5.10 Å². The largest absolute Gasteiger partial charge is 0.487 e. The van der Waals surface area contributed by atoms with E-state index in [0.717, 1.165) is 35.3 Å². The van der Waals surface area contributed by atoms with Crippen molar-refractivity contribution in [1.29, 1.82) is 0 Å². The average Bonchev–Trinajstić information content (AvgIpc) is 3.34. The number of H-pyrrole nitrogens is 1. The molecule has 3 aromatic rings. The number of tetrazole rings is 1. The molecule has 8 heteroatoms. The van der Waals surface area contributed by atoms with Gasteiger partial charge in [0.05, 0.1) is 0 Å². The molecule has 1 aromatic heterocycles. The van der Waals surface area contributed by atoms with Crippen LogP contribution in [0.1, 0.15) is 93.9 Å². The Labute approximate surface area is 220 Å². The molecule has 8 nitrogen and oxygen atoms in total. The third kappa shape index (κ3) is 5.54. The van der Waals surface area contributed by atoms with E-state index in [0.29, 0.717) is 5.56 Å². The molecule has 1 amide bonds. The molecule has 1 heterocycles. The number of hydrogen-bond donors (Lipinski definition) is 3. The number of aryl methyl sites for hydroxylation is 2. The summed E-state index contributed by atoms with van der Waals surface area (Å²) in [5.41, 5.74) is 3.27. The molecule has 0 fully saturated rings. The quantitative estimate of drug-likeness (QED) is 0.340. The van der Waals surface area contributed by atoms with Crippen LogP contribution in [0.2, 0.25) is 0 Å². The lowest BCUT2D eigenvalue weighted by atomic mass is 9.70. The van der Waals surface area contributed by atoms with E-state index in [1.165, 1.54) is 5.56 Å². The first-order valence-electron chi connectivity index (χ1n) is 12.9. The molecule has 200 valence electrons. The predicted molar refractivity (Wildman–Crippen MR) is 146 cm³/mol. The van der Waals surface area contributed by atoms with Crippen molar-refractivity contribution >= 4 is 11.9 Å². The van der Waals surface area contributed by atoms with E-state index in [-0.39, 0.29) is 28.8 Å². The zero-order chi connectivity index (χ0) is 27.6. The molecule has 0 aliphatic heterocycles. The Bertz CT molecular complexity index is 1220. The van der Waals surface area contributed by atoms with E-state index in [9.17, 15) is 9.90 Å². The number of nitrogens with zero attached hydrogens (tertiary/aromatic N) is 3. The zero-order valence-electron chi connectivity index (χ0n) is 23.6. The molecule has 2 aromatic carbocycles. The lowest BCUT2D eigenvalue weighted by Gasteiger charge is -2.41. The lowest BCUT2D eigenvalue weighted by Crippen LogP contribution is -2.51. The Kier molecular flexibility index (Phi) is 8.12. The van der Waals surface area contributed by atoms with Crippen molar-refractivity contribution in [2.45, 2.75) is 92.3 Å². The first kappa shape index (κ1) is 28.3. The first-order valence-corrected chi connectivity index (χ1v) is 12.9. The van der Waals surface area contributed by atoms with Gasteiger partial charge >= 0.3 is 0 Å². The standard InChI is InChI=1S/C29H41N5O3/c1-10-29(11-2,21-12-14-23(18(3)16-21)25(35)30-26-31-33-34-32-26)22-13-15-24(19(4)17-22)37-20(5)28(9,36)27(6,7)8/h12-17,20,36H,10-11H2,1-9H3,(H2,30,31,32,33,34,35). The number of carbonyl (C=O) groups is 1. The number of carbonyl (C=O) groups excluding carboxylic acids is 1. The van der Waals surface area contributed by atoms with Crippen LogP contribution in [0, 0.1) is 19.3 Å². The van der Waals surface area contributed by atoms with Gasteiger partial charge in [0.2, 0.25) is 0 Å². The minimum atomic E-state index is -0.996. The highest BCUT2D eigenvalue weighted by atomic mass is 16.5. The summed E-state index contributed by atoms with van der Waals surface area (Å²) >= 11 is 0. The van der Waals surface area contributed by atoms with Crippen LogP contribution in [0.4, 0.5) is 5.95 Å². The lowest BCUT2D eigenvalue weighted by molar-refractivity contribution is -0.112. The first-order chi connectivity index (χ1) is 17.3. The Balaban J connectivity index is 1.92. The van der Waals surface area contributed by atoms with Gasteiger partial charge in [-0.2, -0.15) is 5.21 Å². The number of aromatic nitrogens is 4. The highest BCUT2D eigenvalue weighted by molar-refractivity contribution is 6.04. The summed E-state index contributed by atoms with van der Waals surface area (Å²) in [6.45, 7) is 18.2. The van der Waals surface area contributed by atoms with Crippen LogP contribution in [0.5, 0.6) is 5.75 Å². The van der Waals surface area contributed by atoms with Crippen molar-refractivity contribution in [2.24, 2.45) is 5.41 Å². The van der Waals surface area contributed by atoms with Gasteiger partial charge in [-0.1, -0.05) is 64.0 Å². The summed E-state index contributed by atoms with van der Waals surface area (Å²) in [5.74, 6) is 0.634. The van der Waals surface area contributed by atoms with E-state index in [2.05, 4.69) is 58.0 Å².